The highest BCUT2D eigenvalue weighted by Gasteiger charge is 2.41. The first kappa shape index (κ1) is 12.8. The molecule has 94 valence electrons. The number of alkyl halides is 1. The van der Waals surface area contributed by atoms with Gasteiger partial charge in [0.2, 0.25) is 0 Å². The Morgan fingerprint density at radius 1 is 1.25 bits per heavy atom. The largest absolute Gasteiger partial charge is 0.381 e. The van der Waals surface area contributed by atoms with Crippen molar-refractivity contribution >= 4 is 15.9 Å². The summed E-state index contributed by atoms with van der Waals surface area (Å²) in [6.45, 7) is 5.47. The standard InChI is InChI=1S/C12H21BrO3/c1-2-15-12-10(13)7-11(12)16-8-9-3-5-14-6-4-9/h9-12H,2-8H2,1H3. The molecule has 0 amide bonds. The lowest BCUT2D eigenvalue weighted by atomic mass is 9.91. The third-order valence-corrected chi connectivity index (χ3v) is 4.32. The highest BCUT2D eigenvalue weighted by molar-refractivity contribution is 9.09. The van der Waals surface area contributed by atoms with Crippen molar-refractivity contribution in [3.05, 3.63) is 0 Å². The van der Waals surface area contributed by atoms with Crippen molar-refractivity contribution in [2.75, 3.05) is 26.4 Å². The predicted molar refractivity (Wildman–Crippen MR) is 66.0 cm³/mol. The average molecular weight is 293 g/mol. The van der Waals surface area contributed by atoms with Crippen LogP contribution in [0.5, 0.6) is 0 Å². The highest BCUT2D eigenvalue weighted by Crippen LogP contribution is 2.33. The van der Waals surface area contributed by atoms with Crippen molar-refractivity contribution in [3.8, 4) is 0 Å². The quantitative estimate of drug-likeness (QED) is 0.728. The van der Waals surface area contributed by atoms with Gasteiger partial charge in [-0.3, -0.25) is 0 Å². The molecule has 0 N–H and O–H groups in total. The second-order valence-electron chi connectivity index (χ2n) is 4.60. The molecule has 0 radical (unpaired) electrons. The molecule has 0 aromatic carbocycles. The molecule has 0 aromatic heterocycles. The zero-order valence-electron chi connectivity index (χ0n) is 9.86. The van der Waals surface area contributed by atoms with Crippen molar-refractivity contribution in [3.63, 3.8) is 0 Å². The summed E-state index contributed by atoms with van der Waals surface area (Å²) >= 11 is 3.61. The van der Waals surface area contributed by atoms with Gasteiger partial charge in [-0.05, 0) is 32.1 Å². The van der Waals surface area contributed by atoms with Gasteiger partial charge in [0.25, 0.3) is 0 Å². The van der Waals surface area contributed by atoms with E-state index in [0.29, 0.717) is 16.8 Å². The SMILES string of the molecule is CCOC1C(Br)CC1OCC1CCOCC1. The second-order valence-corrected chi connectivity index (χ2v) is 5.78. The molecule has 0 bridgehead atoms. The van der Waals surface area contributed by atoms with E-state index in [2.05, 4.69) is 15.9 Å². The van der Waals surface area contributed by atoms with Gasteiger partial charge in [0.15, 0.2) is 0 Å². The van der Waals surface area contributed by atoms with Crippen LogP contribution in [0.2, 0.25) is 0 Å². The summed E-state index contributed by atoms with van der Waals surface area (Å²) in [6, 6.07) is 0. The molecule has 0 aromatic rings. The van der Waals surface area contributed by atoms with E-state index in [1.54, 1.807) is 0 Å². The minimum atomic E-state index is 0.254. The summed E-state index contributed by atoms with van der Waals surface area (Å²) in [4.78, 5) is 0.479. The van der Waals surface area contributed by atoms with E-state index in [9.17, 15) is 0 Å². The van der Waals surface area contributed by atoms with E-state index in [1.165, 1.54) is 0 Å². The van der Waals surface area contributed by atoms with Crippen LogP contribution < -0.4 is 0 Å². The molecular weight excluding hydrogens is 272 g/mol. The number of hydrogen-bond donors (Lipinski definition) is 0. The molecule has 1 aliphatic carbocycles. The summed E-state index contributed by atoms with van der Waals surface area (Å²) < 4.78 is 16.9. The Hall–Kier alpha value is 0.360. The zero-order valence-corrected chi connectivity index (χ0v) is 11.4. The van der Waals surface area contributed by atoms with Crippen molar-refractivity contribution in [1.82, 2.24) is 0 Å². The maximum atomic E-state index is 5.94. The van der Waals surface area contributed by atoms with E-state index >= 15 is 0 Å². The lowest BCUT2D eigenvalue weighted by Gasteiger charge is -2.41. The first-order valence-corrected chi connectivity index (χ1v) is 7.18. The number of hydrogen-bond acceptors (Lipinski definition) is 3. The fraction of sp³-hybridized carbons (Fsp3) is 1.00. The molecule has 1 heterocycles. The molecule has 3 unspecified atom stereocenters. The Morgan fingerprint density at radius 3 is 2.62 bits per heavy atom. The molecule has 1 saturated carbocycles. The molecule has 16 heavy (non-hydrogen) atoms. The van der Waals surface area contributed by atoms with Crippen LogP contribution in [0.1, 0.15) is 26.2 Å². The normalized spacial score (nSPS) is 36.0. The van der Waals surface area contributed by atoms with Crippen LogP contribution in [0.25, 0.3) is 0 Å². The number of rotatable bonds is 5. The van der Waals surface area contributed by atoms with Gasteiger partial charge in [0, 0.05) is 24.6 Å². The van der Waals surface area contributed by atoms with Gasteiger partial charge in [-0.1, -0.05) is 15.9 Å². The smallest absolute Gasteiger partial charge is 0.0962 e. The molecular formula is C12H21BrO3. The summed E-state index contributed by atoms with van der Waals surface area (Å²) in [5.74, 6) is 0.686. The van der Waals surface area contributed by atoms with Gasteiger partial charge < -0.3 is 14.2 Å². The van der Waals surface area contributed by atoms with Gasteiger partial charge in [-0.15, -0.1) is 0 Å². The number of halogens is 1. The summed E-state index contributed by atoms with van der Waals surface area (Å²) in [5.41, 5.74) is 0. The Balaban J connectivity index is 1.65. The van der Waals surface area contributed by atoms with Crippen LogP contribution in [-0.2, 0) is 14.2 Å². The molecule has 2 aliphatic rings. The van der Waals surface area contributed by atoms with Crippen LogP contribution in [0.15, 0.2) is 0 Å². The van der Waals surface area contributed by atoms with Crippen molar-refractivity contribution in [1.29, 1.82) is 0 Å². The molecule has 1 aliphatic heterocycles. The molecule has 2 rings (SSSR count). The third-order valence-electron chi connectivity index (χ3n) is 3.43. The van der Waals surface area contributed by atoms with E-state index < -0.39 is 0 Å². The van der Waals surface area contributed by atoms with Crippen LogP contribution in [0.3, 0.4) is 0 Å². The lowest BCUT2D eigenvalue weighted by Crippen LogP contribution is -2.51. The van der Waals surface area contributed by atoms with Crippen molar-refractivity contribution in [2.24, 2.45) is 5.92 Å². The van der Waals surface area contributed by atoms with Crippen LogP contribution >= 0.6 is 15.9 Å². The van der Waals surface area contributed by atoms with Gasteiger partial charge in [-0.2, -0.15) is 0 Å². The topological polar surface area (TPSA) is 27.7 Å². The molecule has 0 spiro atoms. The first-order chi connectivity index (χ1) is 7.81. The summed E-state index contributed by atoms with van der Waals surface area (Å²) in [7, 11) is 0. The summed E-state index contributed by atoms with van der Waals surface area (Å²) in [5, 5.41) is 0. The Morgan fingerprint density at radius 2 is 2.00 bits per heavy atom. The van der Waals surface area contributed by atoms with Gasteiger partial charge in [0.1, 0.15) is 0 Å². The second kappa shape index (κ2) is 6.34. The Kier molecular flexibility index (Phi) is 5.07. The van der Waals surface area contributed by atoms with E-state index in [0.717, 1.165) is 45.7 Å². The van der Waals surface area contributed by atoms with Gasteiger partial charge >= 0.3 is 0 Å². The predicted octanol–water partition coefficient (Wildman–Crippen LogP) is 2.37. The Bertz CT molecular complexity index is 206. The minimum absolute atomic E-state index is 0.254. The first-order valence-electron chi connectivity index (χ1n) is 6.26. The van der Waals surface area contributed by atoms with Crippen molar-refractivity contribution in [2.45, 2.75) is 43.2 Å². The third kappa shape index (κ3) is 3.19. The minimum Gasteiger partial charge on any atom is -0.381 e. The fourth-order valence-corrected chi connectivity index (χ4v) is 3.13. The van der Waals surface area contributed by atoms with Crippen LogP contribution in [-0.4, -0.2) is 43.5 Å². The fourth-order valence-electron chi connectivity index (χ4n) is 2.27. The highest BCUT2D eigenvalue weighted by atomic mass is 79.9. The monoisotopic (exact) mass is 292 g/mol. The molecule has 3 atom stereocenters. The molecule has 1 saturated heterocycles. The maximum absolute atomic E-state index is 5.94. The maximum Gasteiger partial charge on any atom is 0.0962 e. The lowest BCUT2D eigenvalue weighted by molar-refractivity contribution is -0.130. The van der Waals surface area contributed by atoms with E-state index in [1.807, 2.05) is 6.92 Å². The van der Waals surface area contributed by atoms with E-state index in [-0.39, 0.29) is 6.10 Å². The Labute approximate surface area is 106 Å². The molecule has 3 nitrogen and oxygen atoms in total. The number of ether oxygens (including phenoxy) is 3. The van der Waals surface area contributed by atoms with Gasteiger partial charge in [0.05, 0.1) is 18.8 Å². The van der Waals surface area contributed by atoms with Crippen LogP contribution in [0, 0.1) is 5.92 Å². The van der Waals surface area contributed by atoms with E-state index in [4.69, 9.17) is 14.2 Å². The molecule has 4 heteroatoms. The zero-order chi connectivity index (χ0) is 11.4. The van der Waals surface area contributed by atoms with Crippen LogP contribution in [0.4, 0.5) is 0 Å². The molecule has 2 fully saturated rings. The van der Waals surface area contributed by atoms with Crippen molar-refractivity contribution < 1.29 is 14.2 Å². The summed E-state index contributed by atoms with van der Waals surface area (Å²) in [6.07, 6.45) is 3.92. The van der Waals surface area contributed by atoms with Gasteiger partial charge in [-0.25, -0.2) is 0 Å². The average Bonchev–Trinajstić information content (AvgIpc) is 2.32.